The highest BCUT2D eigenvalue weighted by Gasteiger charge is 2.20. The molecule has 1 fully saturated rings. The van der Waals surface area contributed by atoms with Gasteiger partial charge >= 0.3 is 0 Å². The summed E-state index contributed by atoms with van der Waals surface area (Å²) in [5.74, 6) is 1.04. The van der Waals surface area contributed by atoms with E-state index in [0.717, 1.165) is 31.6 Å². The van der Waals surface area contributed by atoms with Crippen LogP contribution in [-0.2, 0) is 11.3 Å². The number of hydrogen-bond acceptors (Lipinski definition) is 4. The van der Waals surface area contributed by atoms with E-state index >= 15 is 0 Å². The van der Waals surface area contributed by atoms with Crippen molar-refractivity contribution < 1.29 is 4.74 Å². The smallest absolute Gasteiger partial charge is 0.129 e. The molecule has 0 spiro atoms. The van der Waals surface area contributed by atoms with E-state index in [1.165, 1.54) is 18.4 Å². The number of nitrogens with zero attached hydrogens (tertiary/aromatic N) is 2. The van der Waals surface area contributed by atoms with Gasteiger partial charge in [0.2, 0.25) is 0 Å². The molecule has 1 aromatic rings. The number of anilines is 1. The van der Waals surface area contributed by atoms with Gasteiger partial charge in [0.1, 0.15) is 5.82 Å². The van der Waals surface area contributed by atoms with Gasteiger partial charge in [0, 0.05) is 32.4 Å². The second-order valence-corrected chi connectivity index (χ2v) is 5.27. The van der Waals surface area contributed by atoms with Gasteiger partial charge in [-0.3, -0.25) is 0 Å². The summed E-state index contributed by atoms with van der Waals surface area (Å²) < 4.78 is 5.24. The van der Waals surface area contributed by atoms with Crippen LogP contribution in [0.5, 0.6) is 0 Å². The highest BCUT2D eigenvalue weighted by Crippen LogP contribution is 2.20. The van der Waals surface area contributed by atoms with Crippen molar-refractivity contribution in [3.8, 4) is 0 Å². The molecular formula is C15H25N3O. The summed E-state index contributed by atoms with van der Waals surface area (Å²) >= 11 is 0. The normalized spacial score (nSPS) is 16.4. The number of nitrogens with one attached hydrogen (secondary N) is 1. The van der Waals surface area contributed by atoms with E-state index in [1.54, 1.807) is 7.11 Å². The molecule has 4 heteroatoms. The van der Waals surface area contributed by atoms with E-state index in [2.05, 4.69) is 41.2 Å². The third-order valence-corrected chi connectivity index (χ3v) is 3.56. The highest BCUT2D eigenvalue weighted by molar-refractivity contribution is 5.42. The van der Waals surface area contributed by atoms with Crippen LogP contribution in [-0.4, -0.2) is 37.3 Å². The summed E-state index contributed by atoms with van der Waals surface area (Å²) in [5.41, 5.74) is 1.31. The molecule has 1 aliphatic rings. The molecule has 2 rings (SSSR count). The van der Waals surface area contributed by atoms with E-state index in [9.17, 15) is 0 Å². The number of hydrogen-bond donors (Lipinski definition) is 1. The summed E-state index contributed by atoms with van der Waals surface area (Å²) in [6, 6.07) is 5.36. The predicted octanol–water partition coefficient (Wildman–Crippen LogP) is 2.19. The molecule has 4 nitrogen and oxygen atoms in total. The van der Waals surface area contributed by atoms with Gasteiger partial charge in [0.05, 0.1) is 12.6 Å². The summed E-state index contributed by atoms with van der Waals surface area (Å²) in [4.78, 5) is 6.78. The van der Waals surface area contributed by atoms with Crippen LogP contribution < -0.4 is 10.2 Å². The number of ether oxygens (including phenoxy) is 1. The summed E-state index contributed by atoms with van der Waals surface area (Å²) in [6.07, 6.45) is 4.55. The largest absolute Gasteiger partial charge is 0.383 e. The van der Waals surface area contributed by atoms with Gasteiger partial charge in [-0.1, -0.05) is 0 Å². The Kier molecular flexibility index (Phi) is 5.16. The minimum atomic E-state index is 0.342. The lowest BCUT2D eigenvalue weighted by Crippen LogP contribution is -2.36. The molecule has 0 radical (unpaired) electrons. The van der Waals surface area contributed by atoms with Gasteiger partial charge in [0.25, 0.3) is 0 Å². The molecule has 1 aromatic heterocycles. The minimum absolute atomic E-state index is 0.342. The number of likely N-dealkylation sites (N-methyl/N-ethyl adjacent to an activating group) is 1. The van der Waals surface area contributed by atoms with Crippen LogP contribution in [0.15, 0.2) is 18.3 Å². The SMILES string of the molecule is CCN(c1cc(CNC2CC2)ccn1)C(C)COC. The van der Waals surface area contributed by atoms with Crippen molar-refractivity contribution in [2.45, 2.75) is 45.3 Å². The van der Waals surface area contributed by atoms with Crippen molar-refractivity contribution in [2.24, 2.45) is 0 Å². The fraction of sp³-hybridized carbons (Fsp3) is 0.667. The zero-order chi connectivity index (χ0) is 13.7. The molecule has 1 atom stereocenters. The first-order valence-corrected chi connectivity index (χ1v) is 7.18. The molecule has 106 valence electrons. The average Bonchev–Trinajstić information content (AvgIpc) is 3.22. The third-order valence-electron chi connectivity index (χ3n) is 3.56. The maximum atomic E-state index is 5.24. The van der Waals surface area contributed by atoms with E-state index in [1.807, 2.05) is 6.20 Å². The zero-order valence-electron chi connectivity index (χ0n) is 12.2. The molecule has 1 unspecified atom stereocenters. The molecule has 1 saturated carbocycles. The van der Waals surface area contributed by atoms with Crippen molar-refractivity contribution in [1.82, 2.24) is 10.3 Å². The monoisotopic (exact) mass is 263 g/mol. The first kappa shape index (κ1) is 14.3. The van der Waals surface area contributed by atoms with Crippen LogP contribution in [0.25, 0.3) is 0 Å². The average molecular weight is 263 g/mol. The molecule has 0 saturated heterocycles. The fourth-order valence-electron chi connectivity index (χ4n) is 2.31. The first-order chi connectivity index (χ1) is 9.24. The molecular weight excluding hydrogens is 238 g/mol. The summed E-state index contributed by atoms with van der Waals surface area (Å²) in [6.45, 7) is 6.93. The lowest BCUT2D eigenvalue weighted by molar-refractivity contribution is 0.181. The molecule has 1 heterocycles. The number of aromatic nitrogens is 1. The highest BCUT2D eigenvalue weighted by atomic mass is 16.5. The second-order valence-electron chi connectivity index (χ2n) is 5.27. The van der Waals surface area contributed by atoms with Crippen LogP contribution in [0.1, 0.15) is 32.3 Å². The predicted molar refractivity (Wildman–Crippen MR) is 78.5 cm³/mol. The molecule has 1 aliphatic carbocycles. The molecule has 0 bridgehead atoms. The van der Waals surface area contributed by atoms with Crippen LogP contribution in [0.4, 0.5) is 5.82 Å². The lowest BCUT2D eigenvalue weighted by Gasteiger charge is -2.28. The maximum absolute atomic E-state index is 5.24. The van der Waals surface area contributed by atoms with Crippen molar-refractivity contribution >= 4 is 5.82 Å². The Balaban J connectivity index is 2.01. The number of pyridine rings is 1. The zero-order valence-corrected chi connectivity index (χ0v) is 12.2. The van der Waals surface area contributed by atoms with Crippen LogP contribution >= 0.6 is 0 Å². The van der Waals surface area contributed by atoms with Crippen molar-refractivity contribution in [1.29, 1.82) is 0 Å². The van der Waals surface area contributed by atoms with Crippen molar-refractivity contribution in [3.63, 3.8) is 0 Å². The Morgan fingerprint density at radius 2 is 2.32 bits per heavy atom. The Morgan fingerprint density at radius 1 is 1.53 bits per heavy atom. The van der Waals surface area contributed by atoms with E-state index in [-0.39, 0.29) is 0 Å². The Bertz CT molecular complexity index is 393. The molecule has 19 heavy (non-hydrogen) atoms. The van der Waals surface area contributed by atoms with E-state index < -0.39 is 0 Å². The number of methoxy groups -OCH3 is 1. The molecule has 1 N–H and O–H groups in total. The number of rotatable bonds is 8. The summed E-state index contributed by atoms with van der Waals surface area (Å²) in [7, 11) is 1.74. The fourth-order valence-corrected chi connectivity index (χ4v) is 2.31. The molecule has 0 amide bonds. The van der Waals surface area contributed by atoms with Crippen molar-refractivity contribution in [3.05, 3.63) is 23.9 Å². The van der Waals surface area contributed by atoms with Crippen LogP contribution in [0.2, 0.25) is 0 Å². The third kappa shape index (κ3) is 4.18. The quantitative estimate of drug-likeness (QED) is 0.780. The lowest BCUT2D eigenvalue weighted by atomic mass is 10.2. The Hall–Kier alpha value is -1.13. The van der Waals surface area contributed by atoms with Crippen LogP contribution in [0.3, 0.4) is 0 Å². The van der Waals surface area contributed by atoms with Crippen LogP contribution in [0, 0.1) is 0 Å². The topological polar surface area (TPSA) is 37.4 Å². The second kappa shape index (κ2) is 6.87. The summed E-state index contributed by atoms with van der Waals surface area (Å²) in [5, 5.41) is 3.54. The minimum Gasteiger partial charge on any atom is -0.383 e. The van der Waals surface area contributed by atoms with Gasteiger partial charge < -0.3 is 15.0 Å². The Labute approximate surface area is 116 Å². The van der Waals surface area contributed by atoms with Crippen molar-refractivity contribution in [2.75, 3.05) is 25.2 Å². The van der Waals surface area contributed by atoms with Gasteiger partial charge in [-0.25, -0.2) is 4.98 Å². The molecule has 0 aliphatic heterocycles. The van der Waals surface area contributed by atoms with Gasteiger partial charge in [-0.05, 0) is 44.4 Å². The molecule has 0 aromatic carbocycles. The van der Waals surface area contributed by atoms with E-state index in [4.69, 9.17) is 4.74 Å². The standard InChI is InChI=1S/C15H25N3O/c1-4-18(12(2)11-19-3)15-9-13(7-8-16-15)10-17-14-5-6-14/h7-9,12,14,17H,4-6,10-11H2,1-3H3. The van der Waals surface area contributed by atoms with E-state index in [0.29, 0.717) is 6.04 Å². The van der Waals surface area contributed by atoms with Gasteiger partial charge in [0.15, 0.2) is 0 Å². The first-order valence-electron chi connectivity index (χ1n) is 7.18. The van der Waals surface area contributed by atoms with Gasteiger partial charge in [-0.15, -0.1) is 0 Å². The Morgan fingerprint density at radius 3 is 2.95 bits per heavy atom. The maximum Gasteiger partial charge on any atom is 0.129 e. The van der Waals surface area contributed by atoms with Gasteiger partial charge in [-0.2, -0.15) is 0 Å².